The summed E-state index contributed by atoms with van der Waals surface area (Å²) in [4.78, 5) is 25.7. The van der Waals surface area contributed by atoms with Crippen molar-refractivity contribution in [2.75, 3.05) is 0 Å². The molecule has 0 aliphatic heterocycles. The van der Waals surface area contributed by atoms with Crippen molar-refractivity contribution in [2.45, 2.75) is 0 Å². The fourth-order valence-electron chi connectivity index (χ4n) is 3.91. The van der Waals surface area contributed by atoms with Gasteiger partial charge in [-0.05, 0) is 74.5 Å². The second-order valence-corrected chi connectivity index (χ2v) is 9.07. The van der Waals surface area contributed by atoms with Crippen LogP contribution in [0.2, 0.25) is 0 Å². The normalized spacial score (nSPS) is 11.1. The van der Waals surface area contributed by atoms with Crippen molar-refractivity contribution in [3.63, 3.8) is 0 Å². The molecule has 1 N–H and O–H groups in total. The van der Waals surface area contributed by atoms with Gasteiger partial charge in [0, 0.05) is 14.7 Å². The van der Waals surface area contributed by atoms with E-state index in [1.807, 2.05) is 78.9 Å². The fourth-order valence-corrected chi connectivity index (χ4v) is 4.45. The number of fused-ring (bicyclic) bond motifs is 2. The highest BCUT2D eigenvalue weighted by molar-refractivity contribution is 14.1. The molecule has 0 fully saturated rings. The lowest BCUT2D eigenvalue weighted by Crippen LogP contribution is -2.18. The Bertz CT molecular complexity index is 1610. The van der Waals surface area contributed by atoms with Crippen LogP contribution in [0.25, 0.3) is 21.5 Å². The van der Waals surface area contributed by atoms with Gasteiger partial charge in [0.05, 0.1) is 11.8 Å². The van der Waals surface area contributed by atoms with E-state index in [1.165, 1.54) is 6.21 Å². The number of rotatable bonds is 5. The first-order valence-electron chi connectivity index (χ1n) is 10.9. The maximum Gasteiger partial charge on any atom is 0.344 e. The zero-order valence-electron chi connectivity index (χ0n) is 18.4. The quantitative estimate of drug-likeness (QED) is 0.0854. The number of nitrogens with zero attached hydrogens (tertiary/aromatic N) is 1. The summed E-state index contributed by atoms with van der Waals surface area (Å²) < 4.78 is 6.82. The molecule has 0 spiro atoms. The van der Waals surface area contributed by atoms with Crippen LogP contribution in [-0.2, 0) is 0 Å². The Morgan fingerprint density at radius 3 is 2.26 bits per heavy atom. The van der Waals surface area contributed by atoms with Crippen LogP contribution in [0, 0.1) is 3.57 Å². The fraction of sp³-hybridized carbons (Fsp3) is 0. The van der Waals surface area contributed by atoms with Gasteiger partial charge in [0.2, 0.25) is 0 Å². The Kier molecular flexibility index (Phi) is 6.54. The molecule has 0 unspecified atom stereocenters. The summed E-state index contributed by atoms with van der Waals surface area (Å²) >= 11 is 2.15. The van der Waals surface area contributed by atoms with Crippen molar-refractivity contribution < 1.29 is 14.3 Å². The van der Waals surface area contributed by atoms with Gasteiger partial charge in [-0.2, -0.15) is 5.10 Å². The predicted octanol–water partition coefficient (Wildman–Crippen LogP) is 6.58. The highest BCUT2D eigenvalue weighted by Gasteiger charge is 2.16. The first-order chi connectivity index (χ1) is 17.1. The van der Waals surface area contributed by atoms with Crippen LogP contribution in [0.1, 0.15) is 26.3 Å². The van der Waals surface area contributed by atoms with Gasteiger partial charge in [0.25, 0.3) is 5.91 Å². The van der Waals surface area contributed by atoms with Gasteiger partial charge in [-0.25, -0.2) is 10.2 Å². The van der Waals surface area contributed by atoms with Gasteiger partial charge in [-0.15, -0.1) is 0 Å². The van der Waals surface area contributed by atoms with Crippen molar-refractivity contribution in [1.29, 1.82) is 0 Å². The lowest BCUT2D eigenvalue weighted by atomic mass is 10.0. The van der Waals surface area contributed by atoms with E-state index in [1.54, 1.807) is 24.3 Å². The summed E-state index contributed by atoms with van der Waals surface area (Å²) in [6, 6.07) is 31.8. The molecule has 0 aliphatic carbocycles. The van der Waals surface area contributed by atoms with E-state index in [0.717, 1.165) is 25.1 Å². The molecule has 5 nitrogen and oxygen atoms in total. The Balaban J connectivity index is 1.47. The van der Waals surface area contributed by atoms with E-state index in [9.17, 15) is 9.59 Å². The molecule has 5 rings (SSSR count). The summed E-state index contributed by atoms with van der Waals surface area (Å²) in [6.45, 7) is 0. The number of benzene rings is 5. The Labute approximate surface area is 215 Å². The summed E-state index contributed by atoms with van der Waals surface area (Å²) in [6.07, 6.45) is 1.51. The van der Waals surface area contributed by atoms with Crippen LogP contribution >= 0.6 is 22.6 Å². The van der Waals surface area contributed by atoms with Gasteiger partial charge in [0.15, 0.2) is 0 Å². The predicted molar refractivity (Wildman–Crippen MR) is 147 cm³/mol. The number of hydrogen-bond donors (Lipinski definition) is 1. The zero-order valence-corrected chi connectivity index (χ0v) is 20.6. The molecule has 170 valence electrons. The molecular weight excluding hydrogens is 551 g/mol. The second kappa shape index (κ2) is 10.1. The largest absolute Gasteiger partial charge is 0.422 e. The highest BCUT2D eigenvalue weighted by Crippen LogP contribution is 2.28. The van der Waals surface area contributed by atoms with Crippen LogP contribution in [0.15, 0.2) is 108 Å². The van der Waals surface area contributed by atoms with Crippen LogP contribution in [0.4, 0.5) is 0 Å². The Morgan fingerprint density at radius 2 is 1.46 bits per heavy atom. The SMILES string of the molecule is O=C(N/N=C\c1c(OC(=O)c2cccc3ccccc23)ccc2ccccc12)c1cccc(I)c1. The number of ether oxygens (including phenoxy) is 1. The smallest absolute Gasteiger partial charge is 0.344 e. The van der Waals surface area contributed by atoms with Crippen molar-refractivity contribution in [3.05, 3.63) is 123 Å². The van der Waals surface area contributed by atoms with Crippen LogP contribution in [0.3, 0.4) is 0 Å². The average Bonchev–Trinajstić information content (AvgIpc) is 2.89. The lowest BCUT2D eigenvalue weighted by Gasteiger charge is -2.12. The van der Waals surface area contributed by atoms with Gasteiger partial charge < -0.3 is 4.74 Å². The van der Waals surface area contributed by atoms with E-state index in [2.05, 4.69) is 33.1 Å². The minimum Gasteiger partial charge on any atom is -0.422 e. The summed E-state index contributed by atoms with van der Waals surface area (Å²) in [5.74, 6) is -0.433. The van der Waals surface area contributed by atoms with Gasteiger partial charge in [-0.3, -0.25) is 4.79 Å². The number of halogens is 1. The molecule has 5 aromatic carbocycles. The number of amides is 1. The number of esters is 1. The lowest BCUT2D eigenvalue weighted by molar-refractivity contribution is 0.0736. The highest BCUT2D eigenvalue weighted by atomic mass is 127. The van der Waals surface area contributed by atoms with Crippen molar-refractivity contribution >= 4 is 62.2 Å². The third-order valence-electron chi connectivity index (χ3n) is 5.59. The van der Waals surface area contributed by atoms with Gasteiger partial charge in [-0.1, -0.05) is 72.8 Å². The molecule has 35 heavy (non-hydrogen) atoms. The Morgan fingerprint density at radius 1 is 0.771 bits per heavy atom. The standard InChI is InChI=1S/C29H19IN2O3/c30-22-11-5-10-21(17-22)28(33)32-31-18-26-24-13-4-2-8-20(24)15-16-27(26)35-29(34)25-14-6-9-19-7-1-3-12-23(19)25/h1-18H,(H,32,33)/b31-18-. The van der Waals surface area contributed by atoms with E-state index in [-0.39, 0.29) is 5.91 Å². The van der Waals surface area contributed by atoms with Crippen molar-refractivity contribution in [3.8, 4) is 5.75 Å². The number of nitrogens with one attached hydrogen (secondary N) is 1. The summed E-state index contributed by atoms with van der Waals surface area (Å²) in [5.41, 5.74) is 4.15. The summed E-state index contributed by atoms with van der Waals surface area (Å²) in [7, 11) is 0. The minimum atomic E-state index is -0.463. The maximum atomic E-state index is 13.2. The molecule has 0 radical (unpaired) electrons. The third kappa shape index (κ3) is 4.93. The molecule has 0 atom stereocenters. The molecule has 0 aromatic heterocycles. The molecule has 6 heteroatoms. The molecule has 5 aromatic rings. The molecule has 1 amide bonds. The monoisotopic (exact) mass is 570 g/mol. The van der Waals surface area contributed by atoms with Crippen LogP contribution in [-0.4, -0.2) is 18.1 Å². The zero-order chi connectivity index (χ0) is 24.2. The topological polar surface area (TPSA) is 67.8 Å². The second-order valence-electron chi connectivity index (χ2n) is 7.82. The average molecular weight is 570 g/mol. The maximum absolute atomic E-state index is 13.2. The van der Waals surface area contributed by atoms with E-state index in [0.29, 0.717) is 22.4 Å². The van der Waals surface area contributed by atoms with Gasteiger partial charge >= 0.3 is 5.97 Å². The minimum absolute atomic E-state index is 0.325. The first kappa shape index (κ1) is 22.7. The molecule has 0 aliphatic rings. The van der Waals surface area contributed by atoms with E-state index < -0.39 is 5.97 Å². The van der Waals surface area contributed by atoms with Crippen molar-refractivity contribution in [1.82, 2.24) is 5.43 Å². The van der Waals surface area contributed by atoms with Crippen LogP contribution < -0.4 is 10.2 Å². The molecule has 0 heterocycles. The molecular formula is C29H19IN2O3. The molecule has 0 saturated heterocycles. The third-order valence-corrected chi connectivity index (χ3v) is 6.26. The number of carbonyl (C=O) groups is 2. The van der Waals surface area contributed by atoms with E-state index >= 15 is 0 Å². The number of hydrogen-bond acceptors (Lipinski definition) is 4. The number of hydrazone groups is 1. The van der Waals surface area contributed by atoms with Crippen LogP contribution in [0.5, 0.6) is 5.75 Å². The van der Waals surface area contributed by atoms with Crippen molar-refractivity contribution in [2.24, 2.45) is 5.10 Å². The molecule has 0 bridgehead atoms. The summed E-state index contributed by atoms with van der Waals surface area (Å²) in [5, 5.41) is 7.76. The first-order valence-corrected chi connectivity index (χ1v) is 12.0. The van der Waals surface area contributed by atoms with E-state index in [4.69, 9.17) is 4.74 Å². The Hall–Kier alpha value is -4.04. The van der Waals surface area contributed by atoms with Gasteiger partial charge in [0.1, 0.15) is 5.75 Å². The number of carbonyl (C=O) groups excluding carboxylic acids is 2. The molecule has 0 saturated carbocycles.